The summed E-state index contributed by atoms with van der Waals surface area (Å²) < 4.78 is 5.36. The van der Waals surface area contributed by atoms with Crippen LogP contribution >= 0.6 is 0 Å². The molecule has 0 saturated heterocycles. The lowest BCUT2D eigenvalue weighted by Crippen LogP contribution is -2.04. The van der Waals surface area contributed by atoms with E-state index in [0.717, 1.165) is 29.2 Å². The van der Waals surface area contributed by atoms with Gasteiger partial charge in [-0.2, -0.15) is 0 Å². The maximum atomic E-state index is 5.36. The first-order valence-electron chi connectivity index (χ1n) is 7.26. The van der Waals surface area contributed by atoms with Crippen LogP contribution in [0, 0.1) is 11.8 Å². The third-order valence-corrected chi connectivity index (χ3v) is 3.62. The van der Waals surface area contributed by atoms with E-state index in [2.05, 4.69) is 45.7 Å². The average molecular weight is 293 g/mol. The Balaban J connectivity index is 2.02. The van der Waals surface area contributed by atoms with Gasteiger partial charge in [0.25, 0.3) is 0 Å². The molecule has 1 aromatic heterocycles. The molecule has 3 rings (SSSR count). The van der Waals surface area contributed by atoms with Crippen molar-refractivity contribution in [1.82, 2.24) is 10.3 Å². The molecule has 0 saturated carbocycles. The summed E-state index contributed by atoms with van der Waals surface area (Å²) in [6, 6.07) is 8.11. The molecular formula is C18H19N3O. The molecule has 2 heterocycles. The minimum atomic E-state index is 0.681. The third-order valence-electron chi connectivity index (χ3n) is 3.62. The molecule has 3 N–H and O–H groups in total. The molecule has 0 fully saturated rings. The Morgan fingerprint density at radius 1 is 1.36 bits per heavy atom. The van der Waals surface area contributed by atoms with Gasteiger partial charge in [-0.1, -0.05) is 17.9 Å². The standard InChI is InChI=1S/C18H19N3O/c1-19-9-4-6-13-5-3-7-15-18(13)14(12-21-15)11-16-17(22-2)8-10-20-16/h3,5,7-8,10-11,19-21H,9,12H2,1-2H3. The molecule has 1 aliphatic rings. The van der Waals surface area contributed by atoms with Crippen molar-refractivity contribution in [3.05, 3.63) is 47.3 Å². The minimum Gasteiger partial charge on any atom is -0.495 e. The van der Waals surface area contributed by atoms with E-state index in [-0.39, 0.29) is 0 Å². The fourth-order valence-electron chi connectivity index (χ4n) is 2.61. The van der Waals surface area contributed by atoms with Crippen LogP contribution in [0.5, 0.6) is 5.75 Å². The Morgan fingerprint density at radius 3 is 3.09 bits per heavy atom. The fraction of sp³-hybridized carbons (Fsp3) is 0.222. The average Bonchev–Trinajstić information content (AvgIpc) is 3.15. The molecule has 0 unspecified atom stereocenters. The van der Waals surface area contributed by atoms with Crippen LogP contribution in [0.1, 0.15) is 16.8 Å². The van der Waals surface area contributed by atoms with Crippen molar-refractivity contribution in [1.29, 1.82) is 0 Å². The van der Waals surface area contributed by atoms with Crippen molar-refractivity contribution >= 4 is 17.3 Å². The number of fused-ring (bicyclic) bond motifs is 1. The molecule has 112 valence electrons. The zero-order valence-electron chi connectivity index (χ0n) is 12.8. The number of rotatable bonds is 3. The highest BCUT2D eigenvalue weighted by Gasteiger charge is 2.19. The number of ether oxygens (including phenoxy) is 1. The molecule has 2 aromatic rings. The first-order chi connectivity index (χ1) is 10.8. The van der Waals surface area contributed by atoms with Crippen LogP contribution in [0.15, 0.2) is 30.5 Å². The van der Waals surface area contributed by atoms with Gasteiger partial charge in [0.05, 0.1) is 19.3 Å². The Labute approximate surface area is 130 Å². The third kappa shape index (κ3) is 2.72. The van der Waals surface area contributed by atoms with Gasteiger partial charge in [0.2, 0.25) is 0 Å². The van der Waals surface area contributed by atoms with Gasteiger partial charge in [0.15, 0.2) is 0 Å². The van der Waals surface area contributed by atoms with Crippen LogP contribution in [0.4, 0.5) is 5.69 Å². The first kappa shape index (κ1) is 14.3. The van der Waals surface area contributed by atoms with Gasteiger partial charge in [-0.15, -0.1) is 0 Å². The normalized spacial score (nSPS) is 14.2. The first-order valence-corrected chi connectivity index (χ1v) is 7.26. The number of aromatic nitrogens is 1. The summed E-state index contributed by atoms with van der Waals surface area (Å²) in [6.45, 7) is 1.48. The van der Waals surface area contributed by atoms with Crippen LogP contribution in [0.3, 0.4) is 0 Å². The zero-order valence-corrected chi connectivity index (χ0v) is 12.8. The number of hydrogen-bond acceptors (Lipinski definition) is 3. The van der Waals surface area contributed by atoms with E-state index in [9.17, 15) is 0 Å². The van der Waals surface area contributed by atoms with Crippen molar-refractivity contribution < 1.29 is 4.74 Å². The topological polar surface area (TPSA) is 49.1 Å². The van der Waals surface area contributed by atoms with Crippen LogP contribution < -0.4 is 15.4 Å². The highest BCUT2D eigenvalue weighted by molar-refractivity contribution is 5.95. The summed E-state index contributed by atoms with van der Waals surface area (Å²) in [5, 5.41) is 6.47. The molecule has 4 heteroatoms. The molecule has 0 bridgehead atoms. The molecule has 0 atom stereocenters. The fourth-order valence-corrected chi connectivity index (χ4v) is 2.61. The predicted molar refractivity (Wildman–Crippen MR) is 91.0 cm³/mol. The summed E-state index contributed by atoms with van der Waals surface area (Å²) in [5.74, 6) is 7.23. The van der Waals surface area contributed by atoms with Crippen molar-refractivity contribution in [3.63, 3.8) is 0 Å². The molecule has 0 amide bonds. The van der Waals surface area contributed by atoms with Crippen molar-refractivity contribution in [2.75, 3.05) is 32.6 Å². The maximum Gasteiger partial charge on any atom is 0.143 e. The summed E-state index contributed by atoms with van der Waals surface area (Å²) in [4.78, 5) is 3.21. The SMILES string of the molecule is CNCC#Cc1cccc2c1C(=Cc1[nH]ccc1OC)CN2. The highest BCUT2D eigenvalue weighted by atomic mass is 16.5. The van der Waals surface area contributed by atoms with Gasteiger partial charge in [-0.3, -0.25) is 0 Å². The zero-order chi connectivity index (χ0) is 15.4. The van der Waals surface area contributed by atoms with Crippen LogP contribution in [-0.2, 0) is 0 Å². The minimum absolute atomic E-state index is 0.681. The number of methoxy groups -OCH3 is 1. The largest absolute Gasteiger partial charge is 0.495 e. The number of aromatic amines is 1. The molecule has 22 heavy (non-hydrogen) atoms. The monoisotopic (exact) mass is 293 g/mol. The van der Waals surface area contributed by atoms with Gasteiger partial charge in [0.1, 0.15) is 5.75 Å². The van der Waals surface area contributed by atoms with Crippen LogP contribution in [0.25, 0.3) is 11.6 Å². The van der Waals surface area contributed by atoms with Crippen molar-refractivity contribution in [3.8, 4) is 17.6 Å². The Bertz CT molecular complexity index is 762. The summed E-state index contributed by atoms with van der Waals surface area (Å²) in [5.41, 5.74) is 5.56. The second-order valence-electron chi connectivity index (χ2n) is 5.04. The van der Waals surface area contributed by atoms with Crippen LogP contribution in [-0.4, -0.2) is 32.2 Å². The van der Waals surface area contributed by atoms with E-state index in [4.69, 9.17) is 4.74 Å². The summed E-state index contributed by atoms with van der Waals surface area (Å²) >= 11 is 0. The number of H-pyrrole nitrogens is 1. The summed E-state index contributed by atoms with van der Waals surface area (Å²) in [6.07, 6.45) is 4.01. The molecule has 4 nitrogen and oxygen atoms in total. The number of nitrogens with one attached hydrogen (secondary N) is 3. The highest BCUT2D eigenvalue weighted by Crippen LogP contribution is 2.35. The van der Waals surface area contributed by atoms with Crippen molar-refractivity contribution in [2.24, 2.45) is 0 Å². The lowest BCUT2D eigenvalue weighted by Gasteiger charge is -2.04. The molecule has 0 aliphatic carbocycles. The number of hydrogen-bond donors (Lipinski definition) is 3. The van der Waals surface area contributed by atoms with E-state index < -0.39 is 0 Å². The Morgan fingerprint density at radius 2 is 2.27 bits per heavy atom. The predicted octanol–water partition coefficient (Wildman–Crippen LogP) is 2.56. The van der Waals surface area contributed by atoms with Crippen LogP contribution in [0.2, 0.25) is 0 Å². The van der Waals surface area contributed by atoms with Gasteiger partial charge in [0, 0.05) is 29.6 Å². The van der Waals surface area contributed by atoms with E-state index in [1.807, 2.05) is 25.4 Å². The van der Waals surface area contributed by atoms with E-state index in [0.29, 0.717) is 6.54 Å². The van der Waals surface area contributed by atoms with E-state index >= 15 is 0 Å². The Kier molecular flexibility index (Phi) is 4.17. The second kappa shape index (κ2) is 6.42. The molecule has 0 spiro atoms. The smallest absolute Gasteiger partial charge is 0.143 e. The van der Waals surface area contributed by atoms with E-state index in [1.165, 1.54) is 11.1 Å². The number of benzene rings is 1. The number of anilines is 1. The molecule has 1 aromatic carbocycles. The maximum absolute atomic E-state index is 5.36. The molecule has 1 aliphatic heterocycles. The van der Waals surface area contributed by atoms with Gasteiger partial charge in [-0.05, 0) is 36.9 Å². The van der Waals surface area contributed by atoms with Gasteiger partial charge in [-0.25, -0.2) is 0 Å². The summed E-state index contributed by atoms with van der Waals surface area (Å²) in [7, 11) is 3.58. The Hall–Kier alpha value is -2.64. The molecule has 0 radical (unpaired) electrons. The van der Waals surface area contributed by atoms with E-state index in [1.54, 1.807) is 7.11 Å². The lowest BCUT2D eigenvalue weighted by molar-refractivity contribution is 0.414. The van der Waals surface area contributed by atoms with Crippen molar-refractivity contribution in [2.45, 2.75) is 0 Å². The second-order valence-corrected chi connectivity index (χ2v) is 5.04. The van der Waals surface area contributed by atoms with Gasteiger partial charge < -0.3 is 20.4 Å². The molecular weight excluding hydrogens is 274 g/mol. The van der Waals surface area contributed by atoms with Gasteiger partial charge >= 0.3 is 0 Å². The lowest BCUT2D eigenvalue weighted by atomic mass is 10.00. The quantitative estimate of drug-likeness (QED) is 0.762.